The zero-order valence-corrected chi connectivity index (χ0v) is 12.6. The van der Waals surface area contributed by atoms with Gasteiger partial charge in [-0.15, -0.1) is 0 Å². The second-order valence-corrected chi connectivity index (χ2v) is 5.44. The largest absolute Gasteiger partial charge is 0.497 e. The summed E-state index contributed by atoms with van der Waals surface area (Å²) in [4.78, 5) is 0. The predicted octanol–water partition coefficient (Wildman–Crippen LogP) is 4.68. The molecule has 0 amide bonds. The fourth-order valence-electron chi connectivity index (χ4n) is 3.03. The highest BCUT2D eigenvalue weighted by Crippen LogP contribution is 2.35. The molecule has 2 atom stereocenters. The molecular weight excluding hydrogens is 276 g/mol. The maximum Gasteiger partial charge on any atom is 0.387 e. The maximum atomic E-state index is 12.5. The van der Waals surface area contributed by atoms with Crippen molar-refractivity contribution in [2.75, 3.05) is 12.4 Å². The summed E-state index contributed by atoms with van der Waals surface area (Å²) >= 11 is 0. The molecule has 1 aliphatic carbocycles. The van der Waals surface area contributed by atoms with Crippen molar-refractivity contribution in [3.8, 4) is 11.5 Å². The number of rotatable bonds is 6. The summed E-state index contributed by atoms with van der Waals surface area (Å²) in [6.45, 7) is -0.653. The lowest BCUT2D eigenvalue weighted by atomic mass is 9.83. The van der Waals surface area contributed by atoms with Crippen LogP contribution in [0.15, 0.2) is 18.2 Å². The average Bonchev–Trinajstić information content (AvgIpc) is 2.49. The highest BCUT2D eigenvalue weighted by molar-refractivity contribution is 5.60. The minimum absolute atomic E-state index is 0.172. The molecule has 0 heterocycles. The zero-order chi connectivity index (χ0) is 15.2. The van der Waals surface area contributed by atoms with Crippen LogP contribution in [0.2, 0.25) is 0 Å². The second kappa shape index (κ2) is 7.48. The van der Waals surface area contributed by atoms with Gasteiger partial charge in [0.05, 0.1) is 12.8 Å². The van der Waals surface area contributed by atoms with Crippen LogP contribution in [0.4, 0.5) is 14.5 Å². The molecular formula is C16H23F2NO2. The molecule has 0 aromatic heterocycles. The Hall–Kier alpha value is -1.52. The Morgan fingerprint density at radius 2 is 2.05 bits per heavy atom. The number of hydrogen-bond acceptors (Lipinski definition) is 3. The Balaban J connectivity index is 2.19. The molecule has 0 bridgehead atoms. The van der Waals surface area contributed by atoms with E-state index in [4.69, 9.17) is 4.74 Å². The number of anilines is 1. The van der Waals surface area contributed by atoms with Crippen LogP contribution in [-0.2, 0) is 0 Å². The summed E-state index contributed by atoms with van der Waals surface area (Å²) in [5.74, 6) is 1.37. The Bertz CT molecular complexity index is 454. The SMILES string of the molecule is CCC1CCCCC1Nc1cc(OC)ccc1OC(F)F. The molecule has 3 nitrogen and oxygen atoms in total. The molecule has 0 saturated heterocycles. The minimum atomic E-state index is -2.83. The lowest BCUT2D eigenvalue weighted by molar-refractivity contribution is -0.0494. The summed E-state index contributed by atoms with van der Waals surface area (Å²) in [5.41, 5.74) is 0.583. The van der Waals surface area contributed by atoms with Crippen molar-refractivity contribution >= 4 is 5.69 Å². The van der Waals surface area contributed by atoms with Gasteiger partial charge >= 0.3 is 6.61 Å². The zero-order valence-electron chi connectivity index (χ0n) is 12.6. The molecule has 1 saturated carbocycles. The molecule has 21 heavy (non-hydrogen) atoms. The third-order valence-electron chi connectivity index (χ3n) is 4.18. The van der Waals surface area contributed by atoms with E-state index in [0.717, 1.165) is 12.8 Å². The van der Waals surface area contributed by atoms with E-state index in [1.807, 2.05) is 0 Å². The summed E-state index contributed by atoms with van der Waals surface area (Å²) in [6.07, 6.45) is 5.75. The van der Waals surface area contributed by atoms with E-state index < -0.39 is 6.61 Å². The number of benzene rings is 1. The molecule has 0 spiro atoms. The van der Waals surface area contributed by atoms with Crippen LogP contribution in [-0.4, -0.2) is 19.8 Å². The third kappa shape index (κ3) is 4.22. The molecule has 1 fully saturated rings. The van der Waals surface area contributed by atoms with Crippen LogP contribution in [0.5, 0.6) is 11.5 Å². The van der Waals surface area contributed by atoms with Crippen molar-refractivity contribution in [2.24, 2.45) is 5.92 Å². The van der Waals surface area contributed by atoms with Crippen molar-refractivity contribution in [3.63, 3.8) is 0 Å². The van der Waals surface area contributed by atoms with Crippen molar-refractivity contribution in [3.05, 3.63) is 18.2 Å². The Kier molecular flexibility index (Phi) is 5.65. The predicted molar refractivity (Wildman–Crippen MR) is 79.3 cm³/mol. The topological polar surface area (TPSA) is 30.5 Å². The van der Waals surface area contributed by atoms with E-state index in [9.17, 15) is 8.78 Å². The van der Waals surface area contributed by atoms with E-state index >= 15 is 0 Å². The number of methoxy groups -OCH3 is 1. The van der Waals surface area contributed by atoms with Crippen LogP contribution >= 0.6 is 0 Å². The first-order valence-corrected chi connectivity index (χ1v) is 7.53. The average molecular weight is 299 g/mol. The van der Waals surface area contributed by atoms with Crippen LogP contribution in [0.25, 0.3) is 0 Å². The quantitative estimate of drug-likeness (QED) is 0.827. The molecule has 0 aliphatic heterocycles. The first kappa shape index (κ1) is 15.9. The van der Waals surface area contributed by atoms with Gasteiger partial charge in [-0.05, 0) is 30.9 Å². The molecule has 5 heteroatoms. The van der Waals surface area contributed by atoms with E-state index in [-0.39, 0.29) is 5.75 Å². The maximum absolute atomic E-state index is 12.5. The van der Waals surface area contributed by atoms with Gasteiger partial charge in [0.15, 0.2) is 0 Å². The lowest BCUT2D eigenvalue weighted by Gasteiger charge is -2.32. The second-order valence-electron chi connectivity index (χ2n) is 5.44. The van der Waals surface area contributed by atoms with E-state index in [1.165, 1.54) is 25.3 Å². The summed E-state index contributed by atoms with van der Waals surface area (Å²) in [6, 6.07) is 5.17. The van der Waals surface area contributed by atoms with E-state index in [0.29, 0.717) is 23.4 Å². The van der Waals surface area contributed by atoms with Crippen molar-refractivity contribution in [1.29, 1.82) is 0 Å². The summed E-state index contributed by atoms with van der Waals surface area (Å²) in [7, 11) is 1.56. The van der Waals surface area contributed by atoms with Crippen LogP contribution < -0.4 is 14.8 Å². The highest BCUT2D eigenvalue weighted by atomic mass is 19.3. The minimum Gasteiger partial charge on any atom is -0.497 e. The van der Waals surface area contributed by atoms with Crippen molar-refractivity contribution < 1.29 is 18.3 Å². The van der Waals surface area contributed by atoms with Gasteiger partial charge in [0.1, 0.15) is 11.5 Å². The van der Waals surface area contributed by atoms with Gasteiger partial charge in [-0.2, -0.15) is 8.78 Å². The number of halogens is 2. The molecule has 1 aliphatic rings. The van der Waals surface area contributed by atoms with Gasteiger partial charge < -0.3 is 14.8 Å². The van der Waals surface area contributed by atoms with Crippen molar-refractivity contribution in [2.45, 2.75) is 51.7 Å². The monoisotopic (exact) mass is 299 g/mol. The third-order valence-corrected chi connectivity index (χ3v) is 4.18. The molecule has 118 valence electrons. The lowest BCUT2D eigenvalue weighted by Crippen LogP contribution is -2.32. The normalized spacial score (nSPS) is 22.1. The Morgan fingerprint density at radius 1 is 1.29 bits per heavy atom. The molecule has 1 N–H and O–H groups in total. The molecule has 2 rings (SSSR count). The Morgan fingerprint density at radius 3 is 2.71 bits per heavy atom. The van der Waals surface area contributed by atoms with Crippen LogP contribution in [0.1, 0.15) is 39.0 Å². The highest BCUT2D eigenvalue weighted by Gasteiger charge is 2.24. The molecule has 2 unspecified atom stereocenters. The van der Waals surface area contributed by atoms with Crippen LogP contribution in [0.3, 0.4) is 0 Å². The molecule has 0 radical (unpaired) electrons. The number of ether oxygens (including phenoxy) is 2. The molecule has 1 aromatic rings. The van der Waals surface area contributed by atoms with Gasteiger partial charge in [0.2, 0.25) is 0 Å². The summed E-state index contributed by atoms with van der Waals surface area (Å²) < 4.78 is 34.8. The van der Waals surface area contributed by atoms with Gasteiger partial charge in [-0.3, -0.25) is 0 Å². The van der Waals surface area contributed by atoms with Gasteiger partial charge in [-0.1, -0.05) is 26.2 Å². The molecule has 1 aromatic carbocycles. The first-order valence-electron chi connectivity index (χ1n) is 7.53. The van der Waals surface area contributed by atoms with Gasteiger partial charge in [0, 0.05) is 12.1 Å². The van der Waals surface area contributed by atoms with E-state index in [1.54, 1.807) is 19.2 Å². The standard InChI is InChI=1S/C16H23F2NO2/c1-3-11-6-4-5-7-13(11)19-14-10-12(20-2)8-9-15(14)21-16(17)18/h8-11,13,16,19H,3-7H2,1-2H3. The fraction of sp³-hybridized carbons (Fsp3) is 0.625. The number of nitrogens with one attached hydrogen (secondary N) is 1. The fourth-order valence-corrected chi connectivity index (χ4v) is 3.03. The van der Waals surface area contributed by atoms with Crippen molar-refractivity contribution in [1.82, 2.24) is 0 Å². The Labute approximate surface area is 124 Å². The van der Waals surface area contributed by atoms with Crippen LogP contribution in [0, 0.1) is 5.92 Å². The first-order chi connectivity index (χ1) is 10.1. The van der Waals surface area contributed by atoms with Gasteiger partial charge in [-0.25, -0.2) is 0 Å². The summed E-state index contributed by atoms with van der Waals surface area (Å²) in [5, 5.41) is 3.39. The van der Waals surface area contributed by atoms with Gasteiger partial charge in [0.25, 0.3) is 0 Å². The van der Waals surface area contributed by atoms with E-state index in [2.05, 4.69) is 17.0 Å². The number of alkyl halides is 2. The smallest absolute Gasteiger partial charge is 0.387 e. The number of hydrogen-bond donors (Lipinski definition) is 1.